The van der Waals surface area contributed by atoms with Crippen molar-refractivity contribution in [3.63, 3.8) is 0 Å². The maximum Gasteiger partial charge on any atom is 0.319 e. The van der Waals surface area contributed by atoms with Crippen molar-refractivity contribution in [2.24, 2.45) is 11.1 Å². The van der Waals surface area contributed by atoms with Crippen molar-refractivity contribution in [2.75, 3.05) is 0 Å². The Bertz CT molecular complexity index is 191. The standard InChI is InChI=1S/C6H9F2NO3/c1-6(4(9)10,5(11)12)2-3(7)8/h3H,2H2,1H3,(H2,9,10)(H,11,12). The molecule has 0 aliphatic heterocycles. The summed E-state index contributed by atoms with van der Waals surface area (Å²) < 4.78 is 23.6. The Kier molecular flexibility index (Phi) is 3.12. The van der Waals surface area contributed by atoms with Crippen LogP contribution in [0.4, 0.5) is 8.78 Å². The minimum atomic E-state index is -2.86. The van der Waals surface area contributed by atoms with Crippen LogP contribution in [0, 0.1) is 5.41 Å². The van der Waals surface area contributed by atoms with E-state index in [-0.39, 0.29) is 0 Å². The number of amides is 1. The number of hydrogen-bond acceptors (Lipinski definition) is 2. The second-order valence-electron chi connectivity index (χ2n) is 2.60. The van der Waals surface area contributed by atoms with Gasteiger partial charge in [0.2, 0.25) is 12.3 Å². The fraction of sp³-hybridized carbons (Fsp3) is 0.667. The van der Waals surface area contributed by atoms with Crippen LogP contribution in [0.3, 0.4) is 0 Å². The molecule has 0 aliphatic rings. The predicted molar refractivity (Wildman–Crippen MR) is 35.6 cm³/mol. The molecule has 70 valence electrons. The van der Waals surface area contributed by atoms with Crippen molar-refractivity contribution < 1.29 is 23.5 Å². The number of carboxylic acids is 1. The Balaban J connectivity index is 4.63. The number of carboxylic acid groups (broad SMARTS) is 1. The van der Waals surface area contributed by atoms with E-state index in [1.54, 1.807) is 0 Å². The highest BCUT2D eigenvalue weighted by molar-refractivity contribution is 6.00. The molecular formula is C6H9F2NO3. The fourth-order valence-corrected chi connectivity index (χ4v) is 0.602. The molecule has 0 aromatic carbocycles. The fourth-order valence-electron chi connectivity index (χ4n) is 0.602. The smallest absolute Gasteiger partial charge is 0.319 e. The number of primary amides is 1. The Hall–Kier alpha value is -1.20. The van der Waals surface area contributed by atoms with Gasteiger partial charge in [-0.1, -0.05) is 0 Å². The van der Waals surface area contributed by atoms with E-state index in [4.69, 9.17) is 5.11 Å². The summed E-state index contributed by atoms with van der Waals surface area (Å²) in [7, 11) is 0. The van der Waals surface area contributed by atoms with Gasteiger partial charge in [-0.2, -0.15) is 0 Å². The number of carbonyl (C=O) groups excluding carboxylic acids is 1. The van der Waals surface area contributed by atoms with Crippen molar-refractivity contribution in [3.05, 3.63) is 0 Å². The molecule has 0 aliphatic carbocycles. The largest absolute Gasteiger partial charge is 0.480 e. The topological polar surface area (TPSA) is 80.4 Å². The number of alkyl halides is 2. The first-order valence-electron chi connectivity index (χ1n) is 3.12. The second-order valence-corrected chi connectivity index (χ2v) is 2.60. The Morgan fingerprint density at radius 1 is 1.58 bits per heavy atom. The summed E-state index contributed by atoms with van der Waals surface area (Å²) in [5, 5.41) is 8.42. The maximum absolute atomic E-state index is 11.8. The average molecular weight is 181 g/mol. The molecule has 0 heterocycles. The van der Waals surface area contributed by atoms with Gasteiger partial charge in [-0.3, -0.25) is 9.59 Å². The number of halogens is 2. The molecule has 1 unspecified atom stereocenters. The molecule has 0 aromatic rings. The van der Waals surface area contributed by atoms with Crippen molar-refractivity contribution in [1.29, 1.82) is 0 Å². The van der Waals surface area contributed by atoms with Gasteiger partial charge in [0.15, 0.2) is 0 Å². The van der Waals surface area contributed by atoms with Crippen LogP contribution < -0.4 is 5.73 Å². The summed E-state index contributed by atoms with van der Waals surface area (Å²) in [6.07, 6.45) is -3.92. The lowest BCUT2D eigenvalue weighted by Crippen LogP contribution is -2.42. The molecule has 3 N–H and O–H groups in total. The molecule has 0 spiro atoms. The van der Waals surface area contributed by atoms with Crippen LogP contribution in [0.25, 0.3) is 0 Å². The summed E-state index contributed by atoms with van der Waals surface area (Å²) in [4.78, 5) is 20.9. The van der Waals surface area contributed by atoms with Gasteiger partial charge < -0.3 is 10.8 Å². The van der Waals surface area contributed by atoms with Gasteiger partial charge in [-0.05, 0) is 6.92 Å². The highest BCUT2D eigenvalue weighted by Gasteiger charge is 2.42. The average Bonchev–Trinajstić information content (AvgIpc) is 1.84. The minimum absolute atomic E-state index is 0.879. The lowest BCUT2D eigenvalue weighted by molar-refractivity contribution is -0.156. The summed E-state index contributed by atoms with van der Waals surface area (Å²) in [6, 6.07) is 0. The third kappa shape index (κ3) is 2.14. The van der Waals surface area contributed by atoms with Crippen LogP contribution in [-0.4, -0.2) is 23.4 Å². The van der Waals surface area contributed by atoms with Crippen LogP contribution >= 0.6 is 0 Å². The second kappa shape index (κ2) is 3.46. The SMILES string of the molecule is CC(CC(F)F)(C(N)=O)C(=O)O. The highest BCUT2D eigenvalue weighted by Crippen LogP contribution is 2.24. The zero-order chi connectivity index (χ0) is 9.94. The summed E-state index contributed by atoms with van der Waals surface area (Å²) in [5.41, 5.74) is 2.49. The Labute approximate surface area is 67.4 Å². The first-order valence-corrected chi connectivity index (χ1v) is 3.12. The van der Waals surface area contributed by atoms with E-state index in [0.29, 0.717) is 0 Å². The van der Waals surface area contributed by atoms with Crippen molar-refractivity contribution in [2.45, 2.75) is 19.8 Å². The lowest BCUT2D eigenvalue weighted by atomic mass is 9.86. The van der Waals surface area contributed by atoms with E-state index in [9.17, 15) is 18.4 Å². The highest BCUT2D eigenvalue weighted by atomic mass is 19.3. The summed E-state index contributed by atoms with van der Waals surface area (Å²) >= 11 is 0. The summed E-state index contributed by atoms with van der Waals surface area (Å²) in [5.74, 6) is -2.88. The van der Waals surface area contributed by atoms with Crippen LogP contribution in [0.15, 0.2) is 0 Å². The molecule has 0 saturated heterocycles. The molecule has 1 amide bonds. The number of carbonyl (C=O) groups is 2. The van der Waals surface area contributed by atoms with E-state index in [0.717, 1.165) is 6.92 Å². The number of hydrogen-bond donors (Lipinski definition) is 2. The molecule has 0 fully saturated rings. The molecule has 0 rings (SSSR count). The monoisotopic (exact) mass is 181 g/mol. The Morgan fingerprint density at radius 3 is 2.08 bits per heavy atom. The van der Waals surface area contributed by atoms with Crippen molar-refractivity contribution >= 4 is 11.9 Å². The van der Waals surface area contributed by atoms with Crippen LogP contribution in [0.2, 0.25) is 0 Å². The normalized spacial score (nSPS) is 15.7. The van der Waals surface area contributed by atoms with Crippen molar-refractivity contribution in [1.82, 2.24) is 0 Å². The van der Waals surface area contributed by atoms with Gasteiger partial charge in [-0.25, -0.2) is 8.78 Å². The van der Waals surface area contributed by atoms with E-state index >= 15 is 0 Å². The first-order chi connectivity index (χ1) is 5.30. The van der Waals surface area contributed by atoms with Crippen LogP contribution in [0.5, 0.6) is 0 Å². The molecule has 1 atom stereocenters. The summed E-state index contributed by atoms with van der Waals surface area (Å²) in [6.45, 7) is 0.879. The molecule has 12 heavy (non-hydrogen) atoms. The number of rotatable bonds is 4. The number of aliphatic carboxylic acids is 1. The third-order valence-electron chi connectivity index (χ3n) is 1.58. The minimum Gasteiger partial charge on any atom is -0.480 e. The van der Waals surface area contributed by atoms with Gasteiger partial charge in [0.05, 0.1) is 0 Å². The quantitative estimate of drug-likeness (QED) is 0.608. The van der Waals surface area contributed by atoms with E-state index in [2.05, 4.69) is 5.73 Å². The van der Waals surface area contributed by atoms with Gasteiger partial charge in [0.25, 0.3) is 0 Å². The zero-order valence-corrected chi connectivity index (χ0v) is 6.38. The molecule has 6 heteroatoms. The first kappa shape index (κ1) is 10.8. The molecule has 0 saturated carbocycles. The van der Waals surface area contributed by atoms with E-state index in [1.807, 2.05) is 0 Å². The molecule has 0 aromatic heterocycles. The molecule has 0 radical (unpaired) electrons. The molecule has 0 bridgehead atoms. The molecular weight excluding hydrogens is 172 g/mol. The van der Waals surface area contributed by atoms with Gasteiger partial charge in [0.1, 0.15) is 5.41 Å². The Morgan fingerprint density at radius 2 is 2.00 bits per heavy atom. The van der Waals surface area contributed by atoms with Gasteiger partial charge >= 0.3 is 5.97 Å². The lowest BCUT2D eigenvalue weighted by Gasteiger charge is -2.19. The van der Waals surface area contributed by atoms with Crippen LogP contribution in [0.1, 0.15) is 13.3 Å². The maximum atomic E-state index is 11.8. The van der Waals surface area contributed by atoms with Crippen LogP contribution in [-0.2, 0) is 9.59 Å². The van der Waals surface area contributed by atoms with Gasteiger partial charge in [-0.15, -0.1) is 0 Å². The predicted octanol–water partition coefficient (Wildman–Crippen LogP) is 0.218. The van der Waals surface area contributed by atoms with Gasteiger partial charge in [0, 0.05) is 6.42 Å². The van der Waals surface area contributed by atoms with E-state index in [1.165, 1.54) is 0 Å². The number of nitrogens with two attached hydrogens (primary N) is 1. The zero-order valence-electron chi connectivity index (χ0n) is 6.38. The third-order valence-corrected chi connectivity index (χ3v) is 1.58. The van der Waals surface area contributed by atoms with E-state index < -0.39 is 30.1 Å². The van der Waals surface area contributed by atoms with Crippen molar-refractivity contribution in [3.8, 4) is 0 Å². The molecule has 4 nitrogen and oxygen atoms in total.